The quantitative estimate of drug-likeness (QED) is 0.846. The molecule has 1 atom stereocenters. The van der Waals surface area contributed by atoms with E-state index >= 15 is 0 Å². The molecule has 1 aromatic carbocycles. The first kappa shape index (κ1) is 12.3. The molecule has 0 radical (unpaired) electrons. The van der Waals surface area contributed by atoms with Gasteiger partial charge in [-0.1, -0.05) is 6.07 Å². The molecule has 1 aliphatic rings. The molecule has 0 aliphatic carbocycles. The van der Waals surface area contributed by atoms with Crippen LogP contribution in [0.4, 0.5) is 4.39 Å². The number of likely N-dealkylation sites (N-methyl/N-ethyl adjacent to an activating group) is 1. The van der Waals surface area contributed by atoms with E-state index in [1.165, 1.54) is 7.11 Å². The Hall–Kier alpha value is -1.13. The van der Waals surface area contributed by atoms with Gasteiger partial charge in [0, 0.05) is 19.6 Å². The molecule has 1 fully saturated rings. The van der Waals surface area contributed by atoms with Crippen molar-refractivity contribution in [1.82, 2.24) is 10.2 Å². The third-order valence-corrected chi connectivity index (χ3v) is 3.38. The first-order valence-electron chi connectivity index (χ1n) is 5.83. The molecule has 1 aliphatic heterocycles. The molecule has 94 valence electrons. The number of hydrogen-bond donors (Lipinski definition) is 1. The van der Waals surface area contributed by atoms with Gasteiger partial charge >= 0.3 is 0 Å². The summed E-state index contributed by atoms with van der Waals surface area (Å²) in [6, 6.07) is 5.17. The maximum Gasteiger partial charge on any atom is 0.165 e. The van der Waals surface area contributed by atoms with Gasteiger partial charge in [-0.2, -0.15) is 0 Å². The molecule has 1 unspecified atom stereocenters. The topological polar surface area (TPSA) is 24.5 Å². The molecule has 17 heavy (non-hydrogen) atoms. The van der Waals surface area contributed by atoms with E-state index in [-0.39, 0.29) is 11.4 Å². The van der Waals surface area contributed by atoms with Gasteiger partial charge in [0.2, 0.25) is 0 Å². The zero-order valence-corrected chi connectivity index (χ0v) is 10.6. The lowest BCUT2D eigenvalue weighted by molar-refractivity contribution is 0.171. The van der Waals surface area contributed by atoms with Crippen LogP contribution in [-0.2, 0) is 5.54 Å². The monoisotopic (exact) mass is 238 g/mol. The minimum atomic E-state index is -0.304. The second-order valence-electron chi connectivity index (χ2n) is 4.85. The number of nitrogens with one attached hydrogen (secondary N) is 1. The van der Waals surface area contributed by atoms with Crippen LogP contribution in [0.3, 0.4) is 0 Å². The highest BCUT2D eigenvalue weighted by atomic mass is 19.1. The molecule has 1 N–H and O–H groups in total. The normalized spacial score (nSPS) is 25.9. The Morgan fingerprint density at radius 1 is 1.47 bits per heavy atom. The molecule has 3 nitrogen and oxygen atoms in total. The van der Waals surface area contributed by atoms with Crippen molar-refractivity contribution in [2.24, 2.45) is 0 Å². The van der Waals surface area contributed by atoms with Crippen LogP contribution >= 0.6 is 0 Å². The molecule has 0 bridgehead atoms. The molecule has 2 rings (SSSR count). The maximum absolute atomic E-state index is 13.7. The zero-order valence-electron chi connectivity index (χ0n) is 10.6. The van der Waals surface area contributed by atoms with Gasteiger partial charge in [-0.05, 0) is 31.7 Å². The first-order chi connectivity index (χ1) is 8.05. The summed E-state index contributed by atoms with van der Waals surface area (Å²) in [6.45, 7) is 4.91. The Balaban J connectivity index is 2.29. The van der Waals surface area contributed by atoms with E-state index in [2.05, 4.69) is 24.2 Å². The van der Waals surface area contributed by atoms with Crippen molar-refractivity contribution in [3.8, 4) is 5.75 Å². The lowest BCUT2D eigenvalue weighted by Gasteiger charge is -2.40. The van der Waals surface area contributed by atoms with Gasteiger partial charge in [-0.25, -0.2) is 4.39 Å². The predicted octanol–water partition coefficient (Wildman–Crippen LogP) is 1.58. The van der Waals surface area contributed by atoms with Gasteiger partial charge in [-0.3, -0.25) is 0 Å². The van der Waals surface area contributed by atoms with Crippen LogP contribution in [0.25, 0.3) is 0 Å². The van der Waals surface area contributed by atoms with Crippen molar-refractivity contribution in [2.45, 2.75) is 12.5 Å². The molecule has 1 aromatic rings. The van der Waals surface area contributed by atoms with Crippen LogP contribution in [0.2, 0.25) is 0 Å². The number of methoxy groups -OCH3 is 1. The fourth-order valence-corrected chi connectivity index (χ4v) is 2.40. The van der Waals surface area contributed by atoms with E-state index in [1.807, 2.05) is 6.07 Å². The summed E-state index contributed by atoms with van der Waals surface area (Å²) in [4.78, 5) is 2.25. The minimum absolute atomic E-state index is 0.194. The van der Waals surface area contributed by atoms with Gasteiger partial charge < -0.3 is 15.0 Å². The number of piperazine rings is 1. The summed E-state index contributed by atoms with van der Waals surface area (Å²) < 4.78 is 18.6. The SMILES string of the molecule is COc1ccc(C2(C)CN(C)CCN2)cc1F. The molecule has 4 heteroatoms. The van der Waals surface area contributed by atoms with Crippen molar-refractivity contribution in [3.63, 3.8) is 0 Å². The number of rotatable bonds is 2. The molecule has 1 heterocycles. The lowest BCUT2D eigenvalue weighted by atomic mass is 9.89. The molecule has 0 aromatic heterocycles. The van der Waals surface area contributed by atoms with Crippen molar-refractivity contribution in [2.75, 3.05) is 33.8 Å². The summed E-state index contributed by atoms with van der Waals surface area (Å²) in [5, 5.41) is 3.46. The summed E-state index contributed by atoms with van der Waals surface area (Å²) >= 11 is 0. The molecule has 0 saturated carbocycles. The highest BCUT2D eigenvalue weighted by molar-refractivity contribution is 5.33. The van der Waals surface area contributed by atoms with Gasteiger partial charge in [0.25, 0.3) is 0 Å². The van der Waals surface area contributed by atoms with E-state index in [9.17, 15) is 4.39 Å². The van der Waals surface area contributed by atoms with Gasteiger partial charge in [0.05, 0.1) is 12.6 Å². The number of halogens is 1. The molecule has 1 saturated heterocycles. The Labute approximate surface area is 102 Å². The van der Waals surface area contributed by atoms with Crippen molar-refractivity contribution >= 4 is 0 Å². The maximum atomic E-state index is 13.7. The van der Waals surface area contributed by atoms with Crippen molar-refractivity contribution in [3.05, 3.63) is 29.6 Å². The minimum Gasteiger partial charge on any atom is -0.494 e. The molecular formula is C13H19FN2O. The van der Waals surface area contributed by atoms with E-state index in [0.29, 0.717) is 5.75 Å². The second kappa shape index (κ2) is 4.63. The zero-order chi connectivity index (χ0) is 12.5. The van der Waals surface area contributed by atoms with Gasteiger partial charge in [-0.15, -0.1) is 0 Å². The van der Waals surface area contributed by atoms with E-state index < -0.39 is 0 Å². The van der Waals surface area contributed by atoms with E-state index in [1.54, 1.807) is 12.1 Å². The van der Waals surface area contributed by atoms with Gasteiger partial charge in [0.15, 0.2) is 11.6 Å². The summed E-state index contributed by atoms with van der Waals surface area (Å²) in [7, 11) is 3.56. The Kier molecular flexibility index (Phi) is 3.35. The summed E-state index contributed by atoms with van der Waals surface area (Å²) in [5.74, 6) is -0.0113. The van der Waals surface area contributed by atoms with Crippen molar-refractivity contribution in [1.29, 1.82) is 0 Å². The highest BCUT2D eigenvalue weighted by Gasteiger charge is 2.31. The Bertz CT molecular complexity index is 410. The summed E-state index contributed by atoms with van der Waals surface area (Å²) in [5.41, 5.74) is 0.766. The van der Waals surface area contributed by atoms with E-state index in [0.717, 1.165) is 25.2 Å². The number of hydrogen-bond acceptors (Lipinski definition) is 3. The standard InChI is InChI=1S/C13H19FN2O/c1-13(9-16(2)7-6-15-13)10-4-5-12(17-3)11(14)8-10/h4-5,8,15H,6-7,9H2,1-3H3. The van der Waals surface area contributed by atoms with E-state index in [4.69, 9.17) is 4.74 Å². The first-order valence-corrected chi connectivity index (χ1v) is 5.83. The molecular weight excluding hydrogens is 219 g/mol. The van der Waals surface area contributed by atoms with Crippen LogP contribution in [0.1, 0.15) is 12.5 Å². The van der Waals surface area contributed by atoms with Crippen LogP contribution in [0, 0.1) is 5.82 Å². The summed E-state index contributed by atoms with van der Waals surface area (Å²) in [6.07, 6.45) is 0. The third-order valence-electron chi connectivity index (χ3n) is 3.38. The lowest BCUT2D eigenvalue weighted by Crippen LogP contribution is -2.55. The average molecular weight is 238 g/mol. The fourth-order valence-electron chi connectivity index (χ4n) is 2.40. The number of benzene rings is 1. The average Bonchev–Trinajstić information content (AvgIpc) is 2.28. The van der Waals surface area contributed by atoms with Crippen molar-refractivity contribution < 1.29 is 9.13 Å². The smallest absolute Gasteiger partial charge is 0.165 e. The van der Waals surface area contributed by atoms with Crippen LogP contribution in [0.5, 0.6) is 5.75 Å². The molecule has 0 spiro atoms. The third kappa shape index (κ3) is 2.42. The highest BCUT2D eigenvalue weighted by Crippen LogP contribution is 2.27. The van der Waals surface area contributed by atoms with Crippen LogP contribution < -0.4 is 10.1 Å². The largest absolute Gasteiger partial charge is 0.494 e. The van der Waals surface area contributed by atoms with Gasteiger partial charge in [0.1, 0.15) is 0 Å². The second-order valence-corrected chi connectivity index (χ2v) is 4.85. The van der Waals surface area contributed by atoms with Crippen LogP contribution in [-0.4, -0.2) is 38.7 Å². The molecule has 0 amide bonds. The Morgan fingerprint density at radius 3 is 2.82 bits per heavy atom. The number of ether oxygens (including phenoxy) is 1. The predicted molar refractivity (Wildman–Crippen MR) is 65.8 cm³/mol. The Morgan fingerprint density at radius 2 is 2.24 bits per heavy atom. The number of nitrogens with zero attached hydrogens (tertiary/aromatic N) is 1. The van der Waals surface area contributed by atoms with Crippen LogP contribution in [0.15, 0.2) is 18.2 Å². The fraction of sp³-hybridized carbons (Fsp3) is 0.538.